The second-order valence-electron chi connectivity index (χ2n) is 4.77. The minimum Gasteiger partial charge on any atom is -0.497 e. The number of nitrogens with zero attached hydrogens (tertiary/aromatic N) is 2. The Morgan fingerprint density at radius 1 is 1.35 bits per heavy atom. The van der Waals surface area contributed by atoms with Gasteiger partial charge in [-0.05, 0) is 23.6 Å². The molecule has 0 spiro atoms. The molecular formula is C15H21N3O2. The van der Waals surface area contributed by atoms with Gasteiger partial charge in [-0.25, -0.2) is 0 Å². The van der Waals surface area contributed by atoms with Crippen molar-refractivity contribution in [1.29, 1.82) is 0 Å². The zero-order valence-corrected chi connectivity index (χ0v) is 11.9. The first-order chi connectivity index (χ1) is 9.72. The molecule has 0 fully saturated rings. The van der Waals surface area contributed by atoms with Crippen LogP contribution in [0.15, 0.2) is 36.7 Å². The molecule has 2 rings (SSSR count). The van der Waals surface area contributed by atoms with Crippen LogP contribution in [0.25, 0.3) is 0 Å². The maximum absolute atomic E-state index is 8.85. The zero-order chi connectivity index (χ0) is 14.4. The number of hydrogen-bond donors (Lipinski definition) is 2. The normalized spacial score (nSPS) is 12.2. The van der Waals surface area contributed by atoms with Gasteiger partial charge in [-0.1, -0.05) is 19.1 Å². The molecule has 20 heavy (non-hydrogen) atoms. The Hall–Kier alpha value is -2.01. The second-order valence-corrected chi connectivity index (χ2v) is 4.77. The van der Waals surface area contributed by atoms with Gasteiger partial charge >= 0.3 is 0 Å². The summed E-state index contributed by atoms with van der Waals surface area (Å²) in [5, 5.41) is 16.4. The Morgan fingerprint density at radius 2 is 2.10 bits per heavy atom. The van der Waals surface area contributed by atoms with Gasteiger partial charge in [-0.15, -0.1) is 0 Å². The van der Waals surface area contributed by atoms with Crippen molar-refractivity contribution < 1.29 is 9.84 Å². The first kappa shape index (κ1) is 14.4. The predicted molar refractivity (Wildman–Crippen MR) is 79.2 cm³/mol. The molecule has 1 atom stereocenters. The molecular weight excluding hydrogens is 254 g/mol. The van der Waals surface area contributed by atoms with Crippen LogP contribution in [0.2, 0.25) is 0 Å². The Bertz CT molecular complexity index is 522. The first-order valence-electron chi connectivity index (χ1n) is 6.74. The number of aliphatic hydroxyl groups is 1. The van der Waals surface area contributed by atoms with E-state index in [1.807, 2.05) is 18.3 Å². The first-order valence-corrected chi connectivity index (χ1v) is 6.74. The molecule has 0 saturated carbocycles. The van der Waals surface area contributed by atoms with Crippen LogP contribution in [-0.4, -0.2) is 35.1 Å². The lowest BCUT2D eigenvalue weighted by molar-refractivity contribution is 0.269. The van der Waals surface area contributed by atoms with Crippen molar-refractivity contribution in [3.63, 3.8) is 0 Å². The van der Waals surface area contributed by atoms with Gasteiger partial charge in [0.15, 0.2) is 0 Å². The van der Waals surface area contributed by atoms with E-state index < -0.39 is 0 Å². The number of aromatic nitrogens is 2. The highest BCUT2D eigenvalue weighted by Gasteiger charge is 2.06. The topological polar surface area (TPSA) is 59.3 Å². The Labute approximate surface area is 119 Å². The molecule has 0 aliphatic rings. The summed E-state index contributed by atoms with van der Waals surface area (Å²) < 4.78 is 6.88. The van der Waals surface area contributed by atoms with Crippen LogP contribution in [0.3, 0.4) is 0 Å². The van der Waals surface area contributed by atoms with Crippen LogP contribution in [0.5, 0.6) is 5.75 Å². The maximum Gasteiger partial charge on any atom is 0.118 e. The van der Waals surface area contributed by atoms with Crippen molar-refractivity contribution in [2.45, 2.75) is 19.4 Å². The SMILES string of the molecule is COc1ccc(C(C)CNc2cnn(CCO)c2)cc1. The summed E-state index contributed by atoms with van der Waals surface area (Å²) in [5.41, 5.74) is 2.24. The van der Waals surface area contributed by atoms with Gasteiger partial charge in [-0.2, -0.15) is 5.10 Å². The zero-order valence-electron chi connectivity index (χ0n) is 11.9. The number of hydrogen-bond acceptors (Lipinski definition) is 4. The van der Waals surface area contributed by atoms with E-state index >= 15 is 0 Å². The highest BCUT2D eigenvalue weighted by atomic mass is 16.5. The van der Waals surface area contributed by atoms with Crippen molar-refractivity contribution in [3.8, 4) is 5.75 Å². The van der Waals surface area contributed by atoms with E-state index in [-0.39, 0.29) is 6.61 Å². The van der Waals surface area contributed by atoms with Crippen LogP contribution in [0.1, 0.15) is 18.4 Å². The third kappa shape index (κ3) is 3.74. The number of rotatable bonds is 7. The van der Waals surface area contributed by atoms with Crippen LogP contribution in [-0.2, 0) is 6.54 Å². The largest absolute Gasteiger partial charge is 0.497 e. The summed E-state index contributed by atoms with van der Waals surface area (Å²) in [7, 11) is 1.67. The van der Waals surface area contributed by atoms with Gasteiger partial charge in [0, 0.05) is 12.7 Å². The smallest absolute Gasteiger partial charge is 0.118 e. The van der Waals surface area contributed by atoms with Gasteiger partial charge in [0.1, 0.15) is 5.75 Å². The fourth-order valence-electron chi connectivity index (χ4n) is 2.00. The highest BCUT2D eigenvalue weighted by molar-refractivity contribution is 5.39. The molecule has 1 heterocycles. The van der Waals surface area contributed by atoms with E-state index in [1.165, 1.54) is 5.56 Å². The third-order valence-corrected chi connectivity index (χ3v) is 3.26. The molecule has 108 valence electrons. The number of nitrogens with one attached hydrogen (secondary N) is 1. The van der Waals surface area contributed by atoms with Gasteiger partial charge in [0.2, 0.25) is 0 Å². The average molecular weight is 275 g/mol. The maximum atomic E-state index is 8.85. The fraction of sp³-hybridized carbons (Fsp3) is 0.400. The predicted octanol–water partition coefficient (Wildman–Crippen LogP) is 2.10. The van der Waals surface area contributed by atoms with E-state index in [4.69, 9.17) is 9.84 Å². The number of benzene rings is 1. The van der Waals surface area contributed by atoms with Crippen molar-refractivity contribution in [1.82, 2.24) is 9.78 Å². The molecule has 0 aliphatic heterocycles. The Morgan fingerprint density at radius 3 is 2.75 bits per heavy atom. The minimum absolute atomic E-state index is 0.101. The molecule has 0 saturated heterocycles. The van der Waals surface area contributed by atoms with Crippen molar-refractivity contribution >= 4 is 5.69 Å². The summed E-state index contributed by atoms with van der Waals surface area (Å²) in [6, 6.07) is 8.12. The average Bonchev–Trinajstić information content (AvgIpc) is 2.93. The van der Waals surface area contributed by atoms with Crippen LogP contribution >= 0.6 is 0 Å². The second kappa shape index (κ2) is 6.96. The van der Waals surface area contributed by atoms with E-state index in [1.54, 1.807) is 18.0 Å². The van der Waals surface area contributed by atoms with Crippen molar-refractivity contribution in [3.05, 3.63) is 42.2 Å². The molecule has 2 aromatic rings. The fourth-order valence-corrected chi connectivity index (χ4v) is 2.00. The van der Waals surface area contributed by atoms with Gasteiger partial charge in [-0.3, -0.25) is 4.68 Å². The number of anilines is 1. The summed E-state index contributed by atoms with van der Waals surface area (Å²) in [6.07, 6.45) is 3.67. The quantitative estimate of drug-likeness (QED) is 0.812. The lowest BCUT2D eigenvalue weighted by Gasteiger charge is -2.13. The third-order valence-electron chi connectivity index (χ3n) is 3.26. The molecule has 0 radical (unpaired) electrons. The molecule has 1 aromatic heterocycles. The van der Waals surface area contributed by atoms with Crippen molar-refractivity contribution in [2.75, 3.05) is 25.6 Å². The summed E-state index contributed by atoms with van der Waals surface area (Å²) >= 11 is 0. The molecule has 0 bridgehead atoms. The monoisotopic (exact) mass is 275 g/mol. The van der Waals surface area contributed by atoms with Crippen LogP contribution in [0, 0.1) is 0 Å². The standard InChI is InChI=1S/C15H21N3O2/c1-12(13-3-5-15(20-2)6-4-13)9-16-14-10-17-18(11-14)7-8-19/h3-6,10-12,16,19H,7-9H2,1-2H3. The molecule has 1 unspecified atom stereocenters. The van der Waals surface area contributed by atoms with E-state index in [2.05, 4.69) is 29.5 Å². The van der Waals surface area contributed by atoms with Gasteiger partial charge in [0.25, 0.3) is 0 Å². The van der Waals surface area contributed by atoms with Gasteiger partial charge < -0.3 is 15.2 Å². The Kier molecular flexibility index (Phi) is 5.01. The lowest BCUT2D eigenvalue weighted by Crippen LogP contribution is -2.09. The molecule has 0 amide bonds. The summed E-state index contributed by atoms with van der Waals surface area (Å²) in [6.45, 7) is 3.63. The molecule has 5 nitrogen and oxygen atoms in total. The summed E-state index contributed by atoms with van der Waals surface area (Å²) in [5.74, 6) is 1.27. The highest BCUT2D eigenvalue weighted by Crippen LogP contribution is 2.19. The molecule has 1 aromatic carbocycles. The number of ether oxygens (including phenoxy) is 1. The van der Waals surface area contributed by atoms with Crippen LogP contribution in [0.4, 0.5) is 5.69 Å². The number of aliphatic hydroxyl groups excluding tert-OH is 1. The lowest BCUT2D eigenvalue weighted by atomic mass is 10.0. The van der Waals surface area contributed by atoms with E-state index in [9.17, 15) is 0 Å². The molecule has 5 heteroatoms. The Balaban J connectivity index is 1.88. The molecule has 0 aliphatic carbocycles. The summed E-state index contributed by atoms with van der Waals surface area (Å²) in [4.78, 5) is 0. The van der Waals surface area contributed by atoms with E-state index in [0.717, 1.165) is 18.0 Å². The number of methoxy groups -OCH3 is 1. The molecule has 2 N–H and O–H groups in total. The van der Waals surface area contributed by atoms with Gasteiger partial charge in [0.05, 0.1) is 32.1 Å². The van der Waals surface area contributed by atoms with Crippen molar-refractivity contribution in [2.24, 2.45) is 0 Å². The minimum atomic E-state index is 0.101. The van der Waals surface area contributed by atoms with E-state index in [0.29, 0.717) is 12.5 Å². The van der Waals surface area contributed by atoms with Crippen LogP contribution < -0.4 is 10.1 Å².